The Balaban J connectivity index is 3.34. The summed E-state index contributed by atoms with van der Waals surface area (Å²) in [4.78, 5) is 4.10. The first kappa shape index (κ1) is 7.41. The van der Waals surface area contributed by atoms with E-state index in [1.807, 2.05) is 25.3 Å². The summed E-state index contributed by atoms with van der Waals surface area (Å²) in [7, 11) is 0. The lowest BCUT2D eigenvalue weighted by Crippen LogP contribution is -1.86. The van der Waals surface area contributed by atoms with Gasteiger partial charge in [0.05, 0.1) is 0 Å². The molecular weight excluding hydrogens is 98.1 g/mol. The van der Waals surface area contributed by atoms with E-state index in [0.29, 0.717) is 6.04 Å². The van der Waals surface area contributed by atoms with Crippen LogP contribution in [0.3, 0.4) is 0 Å². The van der Waals surface area contributed by atoms with E-state index in [0.717, 1.165) is 0 Å². The van der Waals surface area contributed by atoms with Gasteiger partial charge >= 0.3 is 0 Å². The molecule has 0 saturated heterocycles. The van der Waals surface area contributed by atoms with Crippen LogP contribution in [0.1, 0.15) is 20.8 Å². The molecule has 1 heteroatoms. The van der Waals surface area contributed by atoms with Gasteiger partial charge in [-0.3, -0.25) is 4.99 Å². The molecule has 0 unspecified atom stereocenters. The topological polar surface area (TPSA) is 12.4 Å². The molecule has 46 valence electrons. The molecule has 0 saturated carbocycles. The second-order valence-electron chi connectivity index (χ2n) is 1.92. The van der Waals surface area contributed by atoms with Crippen LogP contribution in [0, 0.1) is 0 Å². The quantitative estimate of drug-likeness (QED) is 0.483. The normalized spacial score (nSPS) is 12.5. The van der Waals surface area contributed by atoms with E-state index in [4.69, 9.17) is 0 Å². The minimum Gasteiger partial charge on any atom is -0.290 e. The maximum Gasteiger partial charge on any atom is 0.0443 e. The van der Waals surface area contributed by atoms with E-state index in [9.17, 15) is 0 Å². The first-order valence-electron chi connectivity index (χ1n) is 2.92. The SMILES string of the molecule is C/C=C\C=N/C(C)C. The molecule has 0 radical (unpaired) electrons. The van der Waals surface area contributed by atoms with E-state index in [1.165, 1.54) is 0 Å². The third kappa shape index (κ3) is 5.41. The highest BCUT2D eigenvalue weighted by atomic mass is 14.7. The van der Waals surface area contributed by atoms with Crippen LogP contribution in [-0.2, 0) is 0 Å². The van der Waals surface area contributed by atoms with Gasteiger partial charge in [0.1, 0.15) is 0 Å². The Labute approximate surface area is 51.1 Å². The molecule has 0 amide bonds. The monoisotopic (exact) mass is 111 g/mol. The van der Waals surface area contributed by atoms with Crippen molar-refractivity contribution in [3.8, 4) is 0 Å². The largest absolute Gasteiger partial charge is 0.290 e. The maximum atomic E-state index is 4.10. The molecule has 0 bridgehead atoms. The summed E-state index contributed by atoms with van der Waals surface area (Å²) in [6.45, 7) is 6.09. The Kier molecular flexibility index (Phi) is 4.23. The van der Waals surface area contributed by atoms with Crippen molar-refractivity contribution in [1.82, 2.24) is 0 Å². The molecule has 0 heterocycles. The van der Waals surface area contributed by atoms with Gasteiger partial charge in [-0.05, 0) is 26.8 Å². The summed E-state index contributed by atoms with van der Waals surface area (Å²) in [5, 5.41) is 0. The van der Waals surface area contributed by atoms with Crippen LogP contribution in [0.4, 0.5) is 0 Å². The van der Waals surface area contributed by atoms with Gasteiger partial charge in [0, 0.05) is 12.3 Å². The lowest BCUT2D eigenvalue weighted by molar-refractivity contribution is 0.842. The fraction of sp³-hybridized carbons (Fsp3) is 0.571. The average molecular weight is 111 g/mol. The molecule has 0 N–H and O–H groups in total. The standard InChI is InChI=1S/C7H13N/c1-4-5-6-8-7(2)3/h4-7H,1-3H3/b5-4-,8-6-. The molecule has 0 fully saturated rings. The average Bonchev–Trinajstić information content (AvgIpc) is 1.66. The van der Waals surface area contributed by atoms with Gasteiger partial charge in [-0.15, -0.1) is 0 Å². The summed E-state index contributed by atoms with van der Waals surface area (Å²) in [6.07, 6.45) is 5.72. The Morgan fingerprint density at radius 3 is 2.38 bits per heavy atom. The number of rotatable bonds is 2. The first-order valence-corrected chi connectivity index (χ1v) is 2.92. The Hall–Kier alpha value is -0.590. The second kappa shape index (κ2) is 4.57. The molecule has 0 spiro atoms. The van der Waals surface area contributed by atoms with E-state index in [-0.39, 0.29) is 0 Å². The summed E-state index contributed by atoms with van der Waals surface area (Å²) < 4.78 is 0. The summed E-state index contributed by atoms with van der Waals surface area (Å²) in [6, 6.07) is 0.422. The van der Waals surface area contributed by atoms with Crippen LogP contribution in [-0.4, -0.2) is 12.3 Å². The molecule has 0 aromatic carbocycles. The third-order valence-electron chi connectivity index (χ3n) is 0.663. The number of aliphatic imine (C=N–C) groups is 1. The maximum absolute atomic E-state index is 4.10. The van der Waals surface area contributed by atoms with Gasteiger partial charge in [-0.2, -0.15) is 0 Å². The van der Waals surface area contributed by atoms with Gasteiger partial charge in [-0.25, -0.2) is 0 Å². The number of hydrogen-bond donors (Lipinski definition) is 0. The van der Waals surface area contributed by atoms with Gasteiger partial charge in [0.15, 0.2) is 0 Å². The number of allylic oxidation sites excluding steroid dienone is 2. The predicted molar refractivity (Wildman–Crippen MR) is 38.4 cm³/mol. The molecule has 8 heavy (non-hydrogen) atoms. The van der Waals surface area contributed by atoms with Gasteiger partial charge < -0.3 is 0 Å². The zero-order valence-electron chi connectivity index (χ0n) is 5.76. The molecular formula is C7H13N. The van der Waals surface area contributed by atoms with Gasteiger partial charge in [0.25, 0.3) is 0 Å². The zero-order valence-corrected chi connectivity index (χ0v) is 5.76. The lowest BCUT2D eigenvalue weighted by Gasteiger charge is -1.88. The van der Waals surface area contributed by atoms with Crippen LogP contribution in [0.5, 0.6) is 0 Å². The van der Waals surface area contributed by atoms with Crippen molar-refractivity contribution in [2.45, 2.75) is 26.8 Å². The molecule has 0 aliphatic carbocycles. The van der Waals surface area contributed by atoms with E-state index < -0.39 is 0 Å². The molecule has 0 aromatic heterocycles. The second-order valence-corrected chi connectivity index (χ2v) is 1.92. The predicted octanol–water partition coefficient (Wildman–Crippen LogP) is 2.04. The number of hydrogen-bond acceptors (Lipinski definition) is 1. The van der Waals surface area contributed by atoms with Crippen LogP contribution in [0.15, 0.2) is 17.1 Å². The van der Waals surface area contributed by atoms with Crippen molar-refractivity contribution in [1.29, 1.82) is 0 Å². The van der Waals surface area contributed by atoms with E-state index in [1.54, 1.807) is 0 Å². The van der Waals surface area contributed by atoms with E-state index >= 15 is 0 Å². The van der Waals surface area contributed by atoms with Gasteiger partial charge in [0.2, 0.25) is 0 Å². The summed E-state index contributed by atoms with van der Waals surface area (Å²) in [5.74, 6) is 0. The highest BCUT2D eigenvalue weighted by molar-refractivity contribution is 5.70. The van der Waals surface area contributed by atoms with E-state index in [2.05, 4.69) is 18.8 Å². The Bertz CT molecular complexity index is 90.6. The minimum atomic E-state index is 0.422. The van der Waals surface area contributed by atoms with Crippen LogP contribution in [0.25, 0.3) is 0 Å². The Morgan fingerprint density at radius 1 is 1.38 bits per heavy atom. The molecule has 0 aromatic rings. The zero-order chi connectivity index (χ0) is 6.41. The van der Waals surface area contributed by atoms with Crippen molar-refractivity contribution in [3.63, 3.8) is 0 Å². The molecule has 1 nitrogen and oxygen atoms in total. The van der Waals surface area contributed by atoms with Crippen LogP contribution in [0.2, 0.25) is 0 Å². The fourth-order valence-corrected chi connectivity index (χ4v) is 0.308. The smallest absolute Gasteiger partial charge is 0.0443 e. The third-order valence-corrected chi connectivity index (χ3v) is 0.663. The highest BCUT2D eigenvalue weighted by Gasteiger charge is 1.78. The van der Waals surface area contributed by atoms with Crippen molar-refractivity contribution in [2.24, 2.45) is 4.99 Å². The number of nitrogens with zero attached hydrogens (tertiary/aromatic N) is 1. The van der Waals surface area contributed by atoms with Crippen molar-refractivity contribution in [2.75, 3.05) is 0 Å². The highest BCUT2D eigenvalue weighted by Crippen LogP contribution is 1.81. The van der Waals surface area contributed by atoms with Crippen molar-refractivity contribution in [3.05, 3.63) is 12.2 Å². The van der Waals surface area contributed by atoms with Crippen LogP contribution >= 0.6 is 0 Å². The molecule has 0 aliphatic heterocycles. The van der Waals surface area contributed by atoms with Crippen molar-refractivity contribution >= 4 is 6.21 Å². The summed E-state index contributed by atoms with van der Waals surface area (Å²) >= 11 is 0. The van der Waals surface area contributed by atoms with Gasteiger partial charge in [-0.1, -0.05) is 6.08 Å². The first-order chi connectivity index (χ1) is 3.77. The molecule has 0 atom stereocenters. The molecule has 0 rings (SSSR count). The van der Waals surface area contributed by atoms with Crippen LogP contribution < -0.4 is 0 Å². The fourth-order valence-electron chi connectivity index (χ4n) is 0.308. The lowest BCUT2D eigenvalue weighted by atomic mass is 10.4. The summed E-state index contributed by atoms with van der Waals surface area (Å²) in [5.41, 5.74) is 0. The minimum absolute atomic E-state index is 0.422. The Morgan fingerprint density at radius 2 is 2.00 bits per heavy atom. The molecule has 0 aliphatic rings. The van der Waals surface area contributed by atoms with Crippen molar-refractivity contribution < 1.29 is 0 Å².